The number of carbonyl (C=O) groups excluding carboxylic acids is 1. The number of hydrogen-bond donors (Lipinski definition) is 5. The largest absolute Gasteiger partial charge is 0.369 e. The molecule has 0 unspecified atom stereocenters. The molecule has 0 atom stereocenters. The van der Waals surface area contributed by atoms with Crippen LogP contribution < -0.4 is 16.8 Å². The molecule has 2 aromatic heterocycles. The summed E-state index contributed by atoms with van der Waals surface area (Å²) in [7, 11) is 0. The molecular weight excluding hydrogens is 356 g/mol. The Morgan fingerprint density at radius 1 is 1.07 bits per heavy atom. The number of aromatic nitrogens is 3. The molecule has 2 heterocycles. The zero-order valence-electron chi connectivity index (χ0n) is 15.0. The maximum Gasteiger partial charge on any atom is 0.272 e. The van der Waals surface area contributed by atoms with Gasteiger partial charge >= 0.3 is 0 Å². The number of hydrogen-bond acceptors (Lipinski definition) is 4. The van der Waals surface area contributed by atoms with Crippen LogP contribution in [0.3, 0.4) is 0 Å². The van der Waals surface area contributed by atoms with Crippen molar-refractivity contribution in [1.29, 1.82) is 0 Å². The van der Waals surface area contributed by atoms with E-state index in [4.69, 9.17) is 11.5 Å². The van der Waals surface area contributed by atoms with E-state index in [1.54, 1.807) is 19.3 Å². The van der Waals surface area contributed by atoms with Crippen LogP contribution in [-0.2, 0) is 0 Å². The fourth-order valence-corrected chi connectivity index (χ4v) is 2.88. The van der Waals surface area contributed by atoms with Crippen molar-refractivity contribution in [2.75, 3.05) is 5.32 Å². The summed E-state index contributed by atoms with van der Waals surface area (Å²) >= 11 is 0. The Morgan fingerprint density at radius 3 is 2.75 bits per heavy atom. The highest BCUT2D eigenvalue weighted by atomic mass is 16.1. The minimum absolute atomic E-state index is 0.102. The van der Waals surface area contributed by atoms with Crippen LogP contribution in [0.15, 0.2) is 59.0 Å². The van der Waals surface area contributed by atoms with Crippen molar-refractivity contribution in [3.8, 4) is 0 Å². The third-order valence-electron chi connectivity index (χ3n) is 4.28. The van der Waals surface area contributed by atoms with Crippen molar-refractivity contribution < 1.29 is 4.79 Å². The quantitative estimate of drug-likeness (QED) is 0.211. The Labute approximate surface area is 159 Å². The number of carbonyl (C=O) groups is 1. The minimum Gasteiger partial charge on any atom is -0.369 e. The van der Waals surface area contributed by atoms with E-state index in [-0.39, 0.29) is 11.9 Å². The van der Waals surface area contributed by atoms with E-state index in [0.29, 0.717) is 17.1 Å². The first kappa shape index (κ1) is 17.3. The van der Waals surface area contributed by atoms with Gasteiger partial charge in [0.25, 0.3) is 5.91 Å². The van der Waals surface area contributed by atoms with Gasteiger partial charge in [-0.1, -0.05) is 6.07 Å². The predicted octanol–water partition coefficient (Wildman–Crippen LogP) is 2.29. The molecule has 140 valence electrons. The number of fused-ring (bicyclic) bond motifs is 2. The van der Waals surface area contributed by atoms with Gasteiger partial charge in [-0.15, -0.1) is 5.10 Å². The second-order valence-corrected chi connectivity index (χ2v) is 6.28. The fraction of sp³-hybridized carbons (Fsp3) is 0.0526. The molecule has 0 spiro atoms. The zero-order valence-corrected chi connectivity index (χ0v) is 15.0. The number of anilines is 1. The maximum absolute atomic E-state index is 12.6. The van der Waals surface area contributed by atoms with Gasteiger partial charge < -0.3 is 26.8 Å². The lowest BCUT2D eigenvalue weighted by Crippen LogP contribution is -2.22. The highest BCUT2D eigenvalue weighted by Crippen LogP contribution is 2.20. The lowest BCUT2D eigenvalue weighted by atomic mass is 10.1. The summed E-state index contributed by atoms with van der Waals surface area (Å²) in [5, 5.41) is 11.4. The smallest absolute Gasteiger partial charge is 0.272 e. The molecule has 0 radical (unpaired) electrons. The third-order valence-corrected chi connectivity index (χ3v) is 4.28. The molecule has 7 N–H and O–H groups in total. The summed E-state index contributed by atoms with van der Waals surface area (Å²) in [6.45, 7) is 1.81. The number of H-pyrrole nitrogens is 2. The monoisotopic (exact) mass is 374 g/mol. The second-order valence-electron chi connectivity index (χ2n) is 6.28. The molecule has 0 aliphatic heterocycles. The lowest BCUT2D eigenvalue weighted by Gasteiger charge is -2.03. The normalized spacial score (nSPS) is 11.7. The predicted molar refractivity (Wildman–Crippen MR) is 110 cm³/mol. The van der Waals surface area contributed by atoms with E-state index in [1.807, 2.05) is 36.4 Å². The van der Waals surface area contributed by atoms with Crippen LogP contribution in [-0.4, -0.2) is 32.5 Å². The molecule has 2 aromatic carbocycles. The standard InChI is InChI=1S/C19H18N8O/c1-10(26-27-19(20)21)11-2-4-14-12(6-11)7-17(25-14)18(28)24-13-3-5-15-16(8-13)23-9-22-15/h2-9,25H,1H3,(H,22,23)(H,24,28)(H4,20,21,27)/b26-10-. The second kappa shape index (κ2) is 6.88. The zero-order chi connectivity index (χ0) is 19.7. The summed E-state index contributed by atoms with van der Waals surface area (Å²) in [6.07, 6.45) is 1.62. The first-order valence-electron chi connectivity index (χ1n) is 8.50. The molecule has 0 aliphatic rings. The number of amides is 1. The molecule has 4 aromatic rings. The van der Waals surface area contributed by atoms with Crippen molar-refractivity contribution in [3.63, 3.8) is 0 Å². The van der Waals surface area contributed by atoms with Crippen LogP contribution in [0.1, 0.15) is 23.0 Å². The SMILES string of the molecule is C/C(=N/N=C(N)N)c1ccc2[nH]c(C(=O)Nc3ccc4nc[nH]c4c3)cc2c1. The Morgan fingerprint density at radius 2 is 1.93 bits per heavy atom. The highest BCUT2D eigenvalue weighted by Gasteiger charge is 2.11. The number of guanidine groups is 1. The molecule has 1 amide bonds. The topological polar surface area (TPSA) is 150 Å². The Bertz CT molecular complexity index is 1240. The molecule has 28 heavy (non-hydrogen) atoms. The molecule has 0 bridgehead atoms. The van der Waals surface area contributed by atoms with Gasteiger partial charge in [-0.05, 0) is 48.9 Å². The lowest BCUT2D eigenvalue weighted by molar-refractivity contribution is 0.102. The number of nitrogens with zero attached hydrogens (tertiary/aromatic N) is 3. The number of rotatable bonds is 4. The number of imidazole rings is 1. The van der Waals surface area contributed by atoms with Crippen LogP contribution >= 0.6 is 0 Å². The van der Waals surface area contributed by atoms with Gasteiger partial charge in [0.15, 0.2) is 0 Å². The average Bonchev–Trinajstić information content (AvgIpc) is 3.31. The molecule has 9 heteroatoms. The van der Waals surface area contributed by atoms with Crippen LogP contribution in [0, 0.1) is 0 Å². The van der Waals surface area contributed by atoms with Gasteiger partial charge in [0.2, 0.25) is 5.96 Å². The Balaban J connectivity index is 1.59. The van der Waals surface area contributed by atoms with Crippen LogP contribution in [0.5, 0.6) is 0 Å². The number of benzene rings is 2. The van der Waals surface area contributed by atoms with Crippen molar-refractivity contribution in [1.82, 2.24) is 15.0 Å². The molecular formula is C19H18N8O. The van der Waals surface area contributed by atoms with Gasteiger partial charge in [0.1, 0.15) is 5.69 Å². The number of nitrogens with two attached hydrogens (primary N) is 2. The van der Waals surface area contributed by atoms with Gasteiger partial charge in [-0.25, -0.2) is 4.98 Å². The van der Waals surface area contributed by atoms with Crippen LogP contribution in [0.4, 0.5) is 5.69 Å². The molecule has 0 aliphatic carbocycles. The summed E-state index contributed by atoms with van der Waals surface area (Å²) in [5.74, 6) is -0.336. The van der Waals surface area contributed by atoms with Crippen molar-refractivity contribution in [2.45, 2.75) is 6.92 Å². The number of aromatic amines is 2. The summed E-state index contributed by atoms with van der Waals surface area (Å²) in [5.41, 5.74) is 15.8. The van der Waals surface area contributed by atoms with Crippen molar-refractivity contribution >= 4 is 45.2 Å². The summed E-state index contributed by atoms with van der Waals surface area (Å²) < 4.78 is 0. The van der Waals surface area contributed by atoms with E-state index in [9.17, 15) is 4.79 Å². The van der Waals surface area contributed by atoms with E-state index in [1.165, 1.54) is 0 Å². The molecule has 4 rings (SSSR count). The highest BCUT2D eigenvalue weighted by molar-refractivity contribution is 6.08. The average molecular weight is 374 g/mol. The van der Waals surface area contributed by atoms with Gasteiger partial charge in [0, 0.05) is 16.6 Å². The molecule has 0 saturated carbocycles. The fourth-order valence-electron chi connectivity index (χ4n) is 2.88. The third kappa shape index (κ3) is 3.40. The van der Waals surface area contributed by atoms with E-state index >= 15 is 0 Å². The van der Waals surface area contributed by atoms with Gasteiger partial charge in [-0.2, -0.15) is 5.10 Å². The number of nitrogens with one attached hydrogen (secondary N) is 3. The Kier molecular flexibility index (Phi) is 4.24. The molecule has 9 nitrogen and oxygen atoms in total. The van der Waals surface area contributed by atoms with Gasteiger partial charge in [-0.3, -0.25) is 4.79 Å². The van der Waals surface area contributed by atoms with Gasteiger partial charge in [0.05, 0.1) is 23.1 Å². The molecule has 0 fully saturated rings. The first-order chi connectivity index (χ1) is 13.5. The van der Waals surface area contributed by atoms with E-state index < -0.39 is 0 Å². The first-order valence-corrected chi connectivity index (χ1v) is 8.50. The summed E-state index contributed by atoms with van der Waals surface area (Å²) in [4.78, 5) is 22.9. The van der Waals surface area contributed by atoms with Crippen molar-refractivity contribution in [2.24, 2.45) is 21.7 Å². The molecule has 0 saturated heterocycles. The van der Waals surface area contributed by atoms with E-state index in [0.717, 1.165) is 27.5 Å². The van der Waals surface area contributed by atoms with E-state index in [2.05, 4.69) is 30.5 Å². The minimum atomic E-state index is -0.234. The maximum atomic E-state index is 12.6. The Hall–Kier alpha value is -4.14. The van der Waals surface area contributed by atoms with Crippen LogP contribution in [0.25, 0.3) is 21.9 Å². The van der Waals surface area contributed by atoms with Crippen LogP contribution in [0.2, 0.25) is 0 Å². The summed E-state index contributed by atoms with van der Waals surface area (Å²) in [6, 6.07) is 13.0. The van der Waals surface area contributed by atoms with Crippen molar-refractivity contribution in [3.05, 3.63) is 60.0 Å².